The molecule has 0 aromatic heterocycles. The van der Waals surface area contributed by atoms with Crippen molar-refractivity contribution >= 4 is 5.91 Å². The maximum atomic E-state index is 12.6. The average Bonchev–Trinajstić information content (AvgIpc) is 2.47. The highest BCUT2D eigenvalue weighted by Crippen LogP contribution is 2.30. The average molecular weight is 271 g/mol. The third-order valence-corrected chi connectivity index (χ3v) is 4.05. The van der Waals surface area contributed by atoms with Gasteiger partial charge in [-0.25, -0.2) is 0 Å². The second-order valence-corrected chi connectivity index (χ2v) is 5.78. The van der Waals surface area contributed by atoms with E-state index < -0.39 is 0 Å². The molecule has 0 spiro atoms. The van der Waals surface area contributed by atoms with Crippen molar-refractivity contribution in [3.63, 3.8) is 0 Å². The van der Waals surface area contributed by atoms with Gasteiger partial charge in [0.15, 0.2) is 0 Å². The molecule has 4 nitrogen and oxygen atoms in total. The van der Waals surface area contributed by atoms with Crippen molar-refractivity contribution in [1.82, 2.24) is 10.2 Å². The second kappa shape index (κ2) is 6.06. The van der Waals surface area contributed by atoms with Gasteiger partial charge in [0, 0.05) is 19.0 Å². The number of rotatable bonds is 3. The molecular weight excluding hydrogens is 250 g/mol. The van der Waals surface area contributed by atoms with E-state index in [0.717, 1.165) is 31.5 Å². The van der Waals surface area contributed by atoms with Gasteiger partial charge in [0.1, 0.15) is 0 Å². The number of carbonyl (C=O) groups excluding carboxylic acids is 1. The fourth-order valence-electron chi connectivity index (χ4n) is 2.74. The van der Waals surface area contributed by atoms with Crippen LogP contribution in [0.15, 0.2) is 24.3 Å². The van der Waals surface area contributed by atoms with Gasteiger partial charge in [0.05, 0.1) is 11.6 Å². The number of hydrogen-bond acceptors (Lipinski definition) is 3. The van der Waals surface area contributed by atoms with Gasteiger partial charge in [-0.05, 0) is 43.6 Å². The second-order valence-electron chi connectivity index (χ2n) is 5.78. The number of amides is 1. The highest BCUT2D eigenvalue weighted by atomic mass is 16.2. The lowest BCUT2D eigenvalue weighted by Gasteiger charge is -2.36. The lowest BCUT2D eigenvalue weighted by Crippen LogP contribution is -2.46. The van der Waals surface area contributed by atoms with E-state index in [0.29, 0.717) is 12.1 Å². The van der Waals surface area contributed by atoms with Crippen LogP contribution in [0.4, 0.5) is 0 Å². The molecule has 0 atom stereocenters. The molecule has 0 aliphatic carbocycles. The topological polar surface area (TPSA) is 56.1 Å². The SMILES string of the molecule is CN(Cc1cccc(C#N)c1)C(=O)C1(C)CCNCC1. The van der Waals surface area contributed by atoms with Gasteiger partial charge in [0.2, 0.25) is 5.91 Å². The van der Waals surface area contributed by atoms with Crippen LogP contribution in [0.5, 0.6) is 0 Å². The number of nitriles is 1. The summed E-state index contributed by atoms with van der Waals surface area (Å²) in [5.41, 5.74) is 1.38. The molecule has 0 radical (unpaired) electrons. The van der Waals surface area contributed by atoms with Crippen molar-refractivity contribution < 1.29 is 4.79 Å². The van der Waals surface area contributed by atoms with E-state index in [1.54, 1.807) is 11.0 Å². The zero-order chi connectivity index (χ0) is 14.6. The van der Waals surface area contributed by atoms with Crippen LogP contribution in [0.25, 0.3) is 0 Å². The Labute approximate surface area is 120 Å². The van der Waals surface area contributed by atoms with Crippen LogP contribution in [0.3, 0.4) is 0 Å². The predicted molar refractivity (Wildman–Crippen MR) is 77.8 cm³/mol. The fraction of sp³-hybridized carbons (Fsp3) is 0.500. The normalized spacial score (nSPS) is 17.2. The van der Waals surface area contributed by atoms with E-state index in [4.69, 9.17) is 5.26 Å². The Bertz CT molecular complexity index is 527. The summed E-state index contributed by atoms with van der Waals surface area (Å²) in [6, 6.07) is 9.56. The molecule has 20 heavy (non-hydrogen) atoms. The van der Waals surface area contributed by atoms with E-state index in [9.17, 15) is 4.79 Å². The Morgan fingerprint density at radius 2 is 2.15 bits per heavy atom. The zero-order valence-electron chi connectivity index (χ0n) is 12.1. The monoisotopic (exact) mass is 271 g/mol. The van der Waals surface area contributed by atoms with Gasteiger partial charge >= 0.3 is 0 Å². The van der Waals surface area contributed by atoms with Crippen LogP contribution in [0, 0.1) is 16.7 Å². The largest absolute Gasteiger partial charge is 0.341 e. The van der Waals surface area contributed by atoms with E-state index in [1.807, 2.05) is 25.2 Å². The van der Waals surface area contributed by atoms with Crippen molar-refractivity contribution in [3.8, 4) is 6.07 Å². The predicted octanol–water partition coefficient (Wildman–Crippen LogP) is 1.91. The summed E-state index contributed by atoms with van der Waals surface area (Å²) < 4.78 is 0. The van der Waals surface area contributed by atoms with E-state index in [-0.39, 0.29) is 11.3 Å². The van der Waals surface area contributed by atoms with Gasteiger partial charge in [0.25, 0.3) is 0 Å². The molecule has 4 heteroatoms. The number of hydrogen-bond donors (Lipinski definition) is 1. The van der Waals surface area contributed by atoms with Crippen molar-refractivity contribution in [2.24, 2.45) is 5.41 Å². The van der Waals surface area contributed by atoms with E-state index in [2.05, 4.69) is 18.3 Å². The molecule has 1 N–H and O–H groups in total. The Hall–Kier alpha value is -1.86. The standard InChI is InChI=1S/C16H21N3O/c1-16(6-8-18-9-7-16)15(20)19(2)12-14-5-3-4-13(10-14)11-17/h3-5,10,18H,6-9,12H2,1-2H3. The molecule has 1 aromatic carbocycles. The third-order valence-electron chi connectivity index (χ3n) is 4.05. The number of benzene rings is 1. The first-order valence-corrected chi connectivity index (χ1v) is 7.00. The van der Waals surface area contributed by atoms with Gasteiger partial charge in [-0.3, -0.25) is 4.79 Å². The minimum atomic E-state index is -0.257. The minimum absolute atomic E-state index is 0.196. The Kier molecular flexibility index (Phi) is 4.41. The van der Waals surface area contributed by atoms with Crippen LogP contribution < -0.4 is 5.32 Å². The summed E-state index contributed by atoms with van der Waals surface area (Å²) in [5.74, 6) is 0.196. The highest BCUT2D eigenvalue weighted by Gasteiger charge is 2.36. The Morgan fingerprint density at radius 1 is 1.45 bits per heavy atom. The lowest BCUT2D eigenvalue weighted by atomic mass is 9.79. The number of nitrogens with one attached hydrogen (secondary N) is 1. The molecule has 1 amide bonds. The van der Waals surface area contributed by atoms with Crippen molar-refractivity contribution in [1.29, 1.82) is 5.26 Å². The minimum Gasteiger partial charge on any atom is -0.341 e. The summed E-state index contributed by atoms with van der Waals surface area (Å²) in [4.78, 5) is 14.4. The number of nitrogens with zero attached hydrogens (tertiary/aromatic N) is 2. The smallest absolute Gasteiger partial charge is 0.228 e. The first-order chi connectivity index (χ1) is 9.55. The molecule has 0 saturated carbocycles. The van der Waals surface area contributed by atoms with Crippen LogP contribution in [-0.2, 0) is 11.3 Å². The summed E-state index contributed by atoms with van der Waals surface area (Å²) in [6.07, 6.45) is 1.77. The molecule has 1 aliphatic heterocycles. The van der Waals surface area contributed by atoms with Crippen molar-refractivity contribution in [2.45, 2.75) is 26.3 Å². The summed E-state index contributed by atoms with van der Waals surface area (Å²) >= 11 is 0. The van der Waals surface area contributed by atoms with Crippen molar-refractivity contribution in [3.05, 3.63) is 35.4 Å². The third kappa shape index (κ3) is 3.17. The van der Waals surface area contributed by atoms with Gasteiger partial charge in [-0.15, -0.1) is 0 Å². The van der Waals surface area contributed by atoms with Gasteiger partial charge < -0.3 is 10.2 Å². The van der Waals surface area contributed by atoms with Crippen LogP contribution in [0.2, 0.25) is 0 Å². The van der Waals surface area contributed by atoms with E-state index >= 15 is 0 Å². The molecule has 1 saturated heterocycles. The van der Waals surface area contributed by atoms with E-state index in [1.165, 1.54) is 0 Å². The molecule has 2 rings (SSSR count). The first kappa shape index (κ1) is 14.5. The summed E-state index contributed by atoms with van der Waals surface area (Å²) in [7, 11) is 1.84. The molecular formula is C16H21N3O. The number of piperidine rings is 1. The lowest BCUT2D eigenvalue weighted by molar-refractivity contribution is -0.141. The molecule has 1 aliphatic rings. The first-order valence-electron chi connectivity index (χ1n) is 7.00. The molecule has 106 valence electrons. The van der Waals surface area contributed by atoms with Crippen molar-refractivity contribution in [2.75, 3.05) is 20.1 Å². The highest BCUT2D eigenvalue weighted by molar-refractivity contribution is 5.82. The number of carbonyl (C=O) groups is 1. The molecule has 0 bridgehead atoms. The Balaban J connectivity index is 2.05. The molecule has 1 heterocycles. The quantitative estimate of drug-likeness (QED) is 0.913. The van der Waals surface area contributed by atoms with Crippen LogP contribution >= 0.6 is 0 Å². The summed E-state index contributed by atoms with van der Waals surface area (Å²) in [5, 5.41) is 12.2. The van der Waals surface area contributed by atoms with Crippen LogP contribution in [-0.4, -0.2) is 30.9 Å². The van der Waals surface area contributed by atoms with Crippen LogP contribution in [0.1, 0.15) is 30.9 Å². The fourth-order valence-corrected chi connectivity index (χ4v) is 2.74. The van der Waals surface area contributed by atoms with Gasteiger partial charge in [-0.1, -0.05) is 19.1 Å². The Morgan fingerprint density at radius 3 is 2.80 bits per heavy atom. The maximum absolute atomic E-state index is 12.6. The molecule has 1 fully saturated rings. The van der Waals surface area contributed by atoms with Gasteiger partial charge in [-0.2, -0.15) is 5.26 Å². The summed E-state index contributed by atoms with van der Waals surface area (Å²) in [6.45, 7) is 4.41. The molecule has 0 unspecified atom stereocenters. The maximum Gasteiger partial charge on any atom is 0.228 e. The zero-order valence-corrected chi connectivity index (χ0v) is 12.1. The molecule has 1 aromatic rings.